The standard InChI is InChI=1S/C12H24O4/c1-10(2,3)15-7-8-9(13)12(6,14)11(4,5)16-8/h8-9,13-14H,7H2,1-6H3. The van der Waals surface area contributed by atoms with Crippen molar-refractivity contribution in [1.29, 1.82) is 0 Å². The van der Waals surface area contributed by atoms with Gasteiger partial charge in [0.15, 0.2) is 0 Å². The van der Waals surface area contributed by atoms with Gasteiger partial charge >= 0.3 is 0 Å². The summed E-state index contributed by atoms with van der Waals surface area (Å²) in [6.07, 6.45) is -1.41. The van der Waals surface area contributed by atoms with E-state index >= 15 is 0 Å². The van der Waals surface area contributed by atoms with Crippen LogP contribution in [0.1, 0.15) is 41.5 Å². The first-order valence-corrected chi connectivity index (χ1v) is 5.69. The average molecular weight is 232 g/mol. The number of aliphatic hydroxyl groups excluding tert-OH is 1. The van der Waals surface area contributed by atoms with Crippen molar-refractivity contribution >= 4 is 0 Å². The maximum atomic E-state index is 10.2. The molecule has 1 aliphatic rings. The molecule has 0 aromatic rings. The number of hydrogen-bond donors (Lipinski definition) is 2. The molecule has 0 bridgehead atoms. The van der Waals surface area contributed by atoms with E-state index in [4.69, 9.17) is 9.47 Å². The first-order chi connectivity index (χ1) is 6.97. The summed E-state index contributed by atoms with van der Waals surface area (Å²) in [6, 6.07) is 0. The molecule has 0 radical (unpaired) electrons. The first-order valence-electron chi connectivity index (χ1n) is 5.69. The van der Waals surface area contributed by atoms with Crippen molar-refractivity contribution in [2.24, 2.45) is 0 Å². The molecule has 1 rings (SSSR count). The Balaban J connectivity index is 2.66. The molecule has 96 valence electrons. The molecule has 4 nitrogen and oxygen atoms in total. The highest BCUT2D eigenvalue weighted by Crippen LogP contribution is 2.39. The highest BCUT2D eigenvalue weighted by Gasteiger charge is 2.57. The largest absolute Gasteiger partial charge is 0.387 e. The van der Waals surface area contributed by atoms with Crippen LogP contribution in [0.25, 0.3) is 0 Å². The van der Waals surface area contributed by atoms with Crippen LogP contribution in [-0.2, 0) is 9.47 Å². The van der Waals surface area contributed by atoms with Gasteiger partial charge in [-0.25, -0.2) is 0 Å². The van der Waals surface area contributed by atoms with E-state index in [1.54, 1.807) is 20.8 Å². The molecule has 1 saturated heterocycles. The molecule has 0 spiro atoms. The minimum Gasteiger partial charge on any atom is -0.387 e. The van der Waals surface area contributed by atoms with Gasteiger partial charge in [-0.05, 0) is 41.5 Å². The maximum Gasteiger partial charge on any atom is 0.119 e. The Hall–Kier alpha value is -0.160. The average Bonchev–Trinajstić information content (AvgIpc) is 2.22. The molecule has 0 saturated carbocycles. The first kappa shape index (κ1) is 13.9. The second-order valence-electron chi connectivity index (χ2n) is 6.18. The van der Waals surface area contributed by atoms with Gasteiger partial charge in [0.25, 0.3) is 0 Å². The molecule has 3 unspecified atom stereocenters. The maximum absolute atomic E-state index is 10.2. The van der Waals surface area contributed by atoms with Crippen molar-refractivity contribution in [1.82, 2.24) is 0 Å². The van der Waals surface area contributed by atoms with Gasteiger partial charge in [0.1, 0.15) is 17.8 Å². The van der Waals surface area contributed by atoms with Gasteiger partial charge in [0.2, 0.25) is 0 Å². The van der Waals surface area contributed by atoms with E-state index in [0.717, 1.165) is 0 Å². The van der Waals surface area contributed by atoms with Crippen LogP contribution in [0.4, 0.5) is 0 Å². The van der Waals surface area contributed by atoms with E-state index in [1.807, 2.05) is 20.8 Å². The molecule has 4 heteroatoms. The Bertz CT molecular complexity index is 252. The lowest BCUT2D eigenvalue weighted by molar-refractivity contribution is -0.122. The fraction of sp³-hybridized carbons (Fsp3) is 1.00. The fourth-order valence-corrected chi connectivity index (χ4v) is 1.74. The minimum absolute atomic E-state index is 0.276. The quantitative estimate of drug-likeness (QED) is 0.748. The third-order valence-corrected chi connectivity index (χ3v) is 3.27. The number of aliphatic hydroxyl groups is 2. The molecule has 1 fully saturated rings. The molecule has 0 amide bonds. The second-order valence-corrected chi connectivity index (χ2v) is 6.18. The van der Waals surface area contributed by atoms with Gasteiger partial charge in [-0.15, -0.1) is 0 Å². The van der Waals surface area contributed by atoms with Gasteiger partial charge in [0.05, 0.1) is 17.8 Å². The summed E-state index contributed by atoms with van der Waals surface area (Å²) in [4.78, 5) is 0. The Kier molecular flexibility index (Phi) is 3.43. The van der Waals surface area contributed by atoms with Crippen molar-refractivity contribution in [3.05, 3.63) is 0 Å². The van der Waals surface area contributed by atoms with Crippen molar-refractivity contribution < 1.29 is 19.7 Å². The molecule has 2 N–H and O–H groups in total. The second kappa shape index (κ2) is 3.95. The Morgan fingerprint density at radius 3 is 2.06 bits per heavy atom. The number of hydrogen-bond acceptors (Lipinski definition) is 4. The van der Waals surface area contributed by atoms with E-state index in [2.05, 4.69) is 0 Å². The van der Waals surface area contributed by atoms with Crippen LogP contribution in [0.2, 0.25) is 0 Å². The normalized spacial score (nSPS) is 39.0. The summed E-state index contributed by atoms with van der Waals surface area (Å²) in [5.41, 5.74) is -2.29. The van der Waals surface area contributed by atoms with Gasteiger partial charge in [-0.1, -0.05) is 0 Å². The molecular weight excluding hydrogens is 208 g/mol. The summed E-state index contributed by atoms with van der Waals surface area (Å²) < 4.78 is 11.2. The predicted molar refractivity (Wildman–Crippen MR) is 61.3 cm³/mol. The topological polar surface area (TPSA) is 58.9 Å². The highest BCUT2D eigenvalue weighted by molar-refractivity contribution is 5.06. The lowest BCUT2D eigenvalue weighted by Crippen LogP contribution is -2.51. The molecule has 0 aliphatic carbocycles. The Morgan fingerprint density at radius 1 is 1.25 bits per heavy atom. The predicted octanol–water partition coefficient (Wildman–Crippen LogP) is 1.09. The number of rotatable bonds is 2. The lowest BCUT2D eigenvalue weighted by Gasteiger charge is -2.32. The zero-order valence-electron chi connectivity index (χ0n) is 11.1. The molecule has 0 aromatic carbocycles. The third-order valence-electron chi connectivity index (χ3n) is 3.27. The van der Waals surface area contributed by atoms with Crippen LogP contribution in [-0.4, -0.2) is 45.8 Å². The van der Waals surface area contributed by atoms with Gasteiger partial charge < -0.3 is 19.7 Å². The van der Waals surface area contributed by atoms with Crippen molar-refractivity contribution in [3.8, 4) is 0 Å². The van der Waals surface area contributed by atoms with Crippen LogP contribution in [0.15, 0.2) is 0 Å². The van der Waals surface area contributed by atoms with Crippen LogP contribution in [0.5, 0.6) is 0 Å². The summed E-state index contributed by atoms with van der Waals surface area (Å²) in [5.74, 6) is 0. The van der Waals surface area contributed by atoms with E-state index in [1.165, 1.54) is 0 Å². The third kappa shape index (κ3) is 2.56. The van der Waals surface area contributed by atoms with E-state index in [-0.39, 0.29) is 12.2 Å². The van der Waals surface area contributed by atoms with Crippen LogP contribution in [0, 0.1) is 0 Å². The lowest BCUT2D eigenvalue weighted by atomic mass is 9.84. The summed E-state index contributed by atoms with van der Waals surface area (Å²) in [7, 11) is 0. The monoisotopic (exact) mass is 232 g/mol. The van der Waals surface area contributed by atoms with E-state index in [0.29, 0.717) is 0 Å². The van der Waals surface area contributed by atoms with Crippen LogP contribution < -0.4 is 0 Å². The summed E-state index contributed by atoms with van der Waals surface area (Å²) >= 11 is 0. The van der Waals surface area contributed by atoms with Crippen molar-refractivity contribution in [3.63, 3.8) is 0 Å². The Labute approximate surface area is 97.6 Å². The van der Waals surface area contributed by atoms with Crippen LogP contribution >= 0.6 is 0 Å². The van der Waals surface area contributed by atoms with Crippen molar-refractivity contribution in [2.75, 3.05) is 6.61 Å². The molecule has 1 aliphatic heterocycles. The molecule has 16 heavy (non-hydrogen) atoms. The van der Waals surface area contributed by atoms with Crippen LogP contribution in [0.3, 0.4) is 0 Å². The minimum atomic E-state index is -1.25. The van der Waals surface area contributed by atoms with E-state index < -0.39 is 23.4 Å². The zero-order valence-corrected chi connectivity index (χ0v) is 11.1. The van der Waals surface area contributed by atoms with E-state index in [9.17, 15) is 10.2 Å². The molecule has 3 atom stereocenters. The number of ether oxygens (including phenoxy) is 2. The summed E-state index contributed by atoms with van der Waals surface area (Å²) in [5, 5.41) is 20.2. The van der Waals surface area contributed by atoms with Gasteiger partial charge in [-0.2, -0.15) is 0 Å². The Morgan fingerprint density at radius 2 is 1.75 bits per heavy atom. The zero-order chi connectivity index (χ0) is 12.8. The van der Waals surface area contributed by atoms with Gasteiger partial charge in [-0.3, -0.25) is 0 Å². The SMILES string of the molecule is CC(C)(C)OCC1OC(C)(C)C(C)(O)C1O. The molecule has 0 aromatic heterocycles. The fourth-order valence-electron chi connectivity index (χ4n) is 1.74. The smallest absolute Gasteiger partial charge is 0.119 e. The molecule has 1 heterocycles. The highest BCUT2D eigenvalue weighted by atomic mass is 16.6. The van der Waals surface area contributed by atoms with Gasteiger partial charge in [0, 0.05) is 0 Å². The molecular formula is C12H24O4. The summed E-state index contributed by atoms with van der Waals surface area (Å²) in [6.45, 7) is 11.2. The van der Waals surface area contributed by atoms with Crippen molar-refractivity contribution in [2.45, 2.75) is 70.6 Å².